The summed E-state index contributed by atoms with van der Waals surface area (Å²) in [6.45, 7) is 3.01. The number of hydrogen-bond acceptors (Lipinski definition) is 4. The van der Waals surface area contributed by atoms with E-state index in [1.165, 1.54) is 29.7 Å². The van der Waals surface area contributed by atoms with Gasteiger partial charge in [-0.25, -0.2) is 9.50 Å². The van der Waals surface area contributed by atoms with Gasteiger partial charge in [0, 0.05) is 55.3 Å². The van der Waals surface area contributed by atoms with Gasteiger partial charge in [0.05, 0.1) is 11.4 Å². The second-order valence-electron chi connectivity index (χ2n) is 6.70. The van der Waals surface area contributed by atoms with Crippen molar-refractivity contribution in [2.75, 3.05) is 0 Å². The van der Waals surface area contributed by atoms with E-state index in [9.17, 15) is 0 Å². The highest BCUT2D eigenvalue weighted by Gasteiger charge is 2.41. The highest BCUT2D eigenvalue weighted by molar-refractivity contribution is 5.44. The molecule has 3 aromatic heterocycles. The van der Waals surface area contributed by atoms with Gasteiger partial charge in [-0.2, -0.15) is 5.10 Å². The van der Waals surface area contributed by atoms with Gasteiger partial charge in [0.25, 0.3) is 0 Å². The predicted octanol–water partition coefficient (Wildman–Crippen LogP) is 2.69. The van der Waals surface area contributed by atoms with Gasteiger partial charge in [0.2, 0.25) is 0 Å². The monoisotopic (exact) mass is 305 g/mol. The molecule has 2 aliphatic rings. The van der Waals surface area contributed by atoms with Crippen LogP contribution in [0.1, 0.15) is 41.4 Å². The lowest BCUT2D eigenvalue weighted by atomic mass is 9.98. The van der Waals surface area contributed by atoms with Gasteiger partial charge in [0.1, 0.15) is 0 Å². The van der Waals surface area contributed by atoms with Crippen LogP contribution in [0.3, 0.4) is 0 Å². The summed E-state index contributed by atoms with van der Waals surface area (Å²) in [5.74, 6) is 0. The van der Waals surface area contributed by atoms with E-state index in [0.717, 1.165) is 24.3 Å². The zero-order valence-electron chi connectivity index (χ0n) is 13.2. The highest BCUT2D eigenvalue weighted by atomic mass is 15.3. The lowest BCUT2D eigenvalue weighted by Crippen LogP contribution is -2.38. The largest absolute Gasteiger partial charge is 0.289 e. The number of pyridine rings is 1. The fourth-order valence-corrected chi connectivity index (χ4v) is 4.25. The molecule has 0 unspecified atom stereocenters. The van der Waals surface area contributed by atoms with E-state index in [1.807, 2.05) is 25.4 Å². The lowest BCUT2D eigenvalue weighted by Gasteiger charge is -2.36. The topological polar surface area (TPSA) is 46.3 Å². The molecule has 0 aliphatic carbocycles. The van der Waals surface area contributed by atoms with Crippen molar-refractivity contribution in [1.82, 2.24) is 24.5 Å². The number of fused-ring (bicyclic) bond motifs is 6. The Bertz CT molecular complexity index is 870. The predicted molar refractivity (Wildman–Crippen MR) is 87.0 cm³/mol. The first kappa shape index (κ1) is 13.2. The number of aromatic nitrogens is 4. The summed E-state index contributed by atoms with van der Waals surface area (Å²) in [5, 5.41) is 4.66. The van der Waals surface area contributed by atoms with Gasteiger partial charge in [-0.3, -0.25) is 9.88 Å². The normalized spacial score (nSPS) is 23.3. The van der Waals surface area contributed by atoms with E-state index in [2.05, 4.69) is 42.8 Å². The van der Waals surface area contributed by atoms with Crippen molar-refractivity contribution in [3.8, 4) is 0 Å². The quantitative estimate of drug-likeness (QED) is 0.730. The van der Waals surface area contributed by atoms with E-state index < -0.39 is 0 Å². The second kappa shape index (κ2) is 4.86. The maximum Gasteiger partial charge on any atom is 0.155 e. The summed E-state index contributed by atoms with van der Waals surface area (Å²) in [4.78, 5) is 11.5. The molecule has 5 rings (SSSR count). The zero-order valence-corrected chi connectivity index (χ0v) is 13.2. The molecule has 2 atom stereocenters. The molecule has 5 heteroatoms. The molecule has 116 valence electrons. The third-order valence-corrected chi connectivity index (χ3v) is 5.26. The Morgan fingerprint density at radius 1 is 1.26 bits per heavy atom. The molecule has 0 saturated carbocycles. The van der Waals surface area contributed by atoms with E-state index in [-0.39, 0.29) is 0 Å². The third-order valence-electron chi connectivity index (χ3n) is 5.26. The second-order valence-corrected chi connectivity index (χ2v) is 6.70. The average Bonchev–Trinajstić information content (AvgIpc) is 3.07. The van der Waals surface area contributed by atoms with Crippen LogP contribution in [-0.4, -0.2) is 30.5 Å². The molecule has 0 N–H and O–H groups in total. The maximum atomic E-state index is 4.66. The maximum absolute atomic E-state index is 4.66. The molecule has 0 spiro atoms. The van der Waals surface area contributed by atoms with Crippen LogP contribution in [0.15, 0.2) is 36.8 Å². The fourth-order valence-electron chi connectivity index (χ4n) is 4.25. The van der Waals surface area contributed by atoms with Crippen molar-refractivity contribution in [3.05, 3.63) is 59.3 Å². The van der Waals surface area contributed by atoms with Crippen LogP contribution in [0.25, 0.3) is 5.65 Å². The molecule has 23 heavy (non-hydrogen) atoms. The summed E-state index contributed by atoms with van der Waals surface area (Å²) in [6.07, 6.45) is 9.42. The minimum Gasteiger partial charge on any atom is -0.289 e. The van der Waals surface area contributed by atoms with Crippen molar-refractivity contribution in [2.24, 2.45) is 0 Å². The van der Waals surface area contributed by atoms with E-state index in [0.29, 0.717) is 12.1 Å². The first-order chi connectivity index (χ1) is 11.3. The highest BCUT2D eigenvalue weighted by Crippen LogP contribution is 2.44. The number of hydrogen-bond donors (Lipinski definition) is 0. The van der Waals surface area contributed by atoms with E-state index in [4.69, 9.17) is 0 Å². The van der Waals surface area contributed by atoms with Crippen molar-refractivity contribution in [3.63, 3.8) is 0 Å². The molecule has 1 saturated heterocycles. The Morgan fingerprint density at radius 2 is 2.22 bits per heavy atom. The molecule has 2 aliphatic heterocycles. The van der Waals surface area contributed by atoms with Crippen molar-refractivity contribution in [2.45, 2.75) is 44.8 Å². The molecule has 2 bridgehead atoms. The lowest BCUT2D eigenvalue weighted by molar-refractivity contribution is 0.165. The molecule has 0 aromatic carbocycles. The minimum absolute atomic E-state index is 0.463. The summed E-state index contributed by atoms with van der Waals surface area (Å²) in [5.41, 5.74) is 6.02. The van der Waals surface area contributed by atoms with Gasteiger partial charge in [-0.05, 0) is 31.4 Å². The number of nitrogens with zero attached hydrogens (tertiary/aromatic N) is 5. The molecule has 0 amide bonds. The minimum atomic E-state index is 0.463. The van der Waals surface area contributed by atoms with Crippen LogP contribution < -0.4 is 0 Å². The van der Waals surface area contributed by atoms with Gasteiger partial charge < -0.3 is 0 Å². The molecule has 5 nitrogen and oxygen atoms in total. The standard InChI is InChI=1S/C18H19N5/c1-12-7-18-20-10-15-16-5-4-14(8-17(15)23(18)21-12)22(16)11-13-3-2-6-19-9-13/h2-3,6-7,9-10,14,16H,4-5,8,11H2,1H3/t14-,16-/m1/s1. The van der Waals surface area contributed by atoms with Crippen molar-refractivity contribution < 1.29 is 0 Å². The molecule has 0 radical (unpaired) electrons. The molecular formula is C18H19N5. The van der Waals surface area contributed by atoms with E-state index >= 15 is 0 Å². The average molecular weight is 305 g/mol. The van der Waals surface area contributed by atoms with Crippen LogP contribution >= 0.6 is 0 Å². The molecule has 5 heterocycles. The summed E-state index contributed by atoms with van der Waals surface area (Å²) >= 11 is 0. The summed E-state index contributed by atoms with van der Waals surface area (Å²) < 4.78 is 2.07. The van der Waals surface area contributed by atoms with Crippen LogP contribution in [0, 0.1) is 6.92 Å². The first-order valence-electron chi connectivity index (χ1n) is 8.28. The first-order valence-corrected chi connectivity index (χ1v) is 8.28. The smallest absolute Gasteiger partial charge is 0.155 e. The van der Waals surface area contributed by atoms with Crippen molar-refractivity contribution >= 4 is 5.65 Å². The van der Waals surface area contributed by atoms with Gasteiger partial charge in [0.15, 0.2) is 5.65 Å². The van der Waals surface area contributed by atoms with Gasteiger partial charge in [-0.1, -0.05) is 6.07 Å². The fraction of sp³-hybridized carbons (Fsp3) is 0.389. The van der Waals surface area contributed by atoms with Crippen molar-refractivity contribution in [1.29, 1.82) is 0 Å². The zero-order chi connectivity index (χ0) is 15.4. The Labute approximate surface area is 135 Å². The van der Waals surface area contributed by atoms with Gasteiger partial charge >= 0.3 is 0 Å². The molecule has 1 fully saturated rings. The SMILES string of the molecule is Cc1cc2ncc3c(n2n1)C[C@H]1CC[C@H]3N1Cc1cccnc1. The van der Waals surface area contributed by atoms with Crippen LogP contribution in [0.4, 0.5) is 0 Å². The third kappa shape index (κ3) is 2.00. The van der Waals surface area contributed by atoms with E-state index in [1.54, 1.807) is 0 Å². The Kier molecular flexibility index (Phi) is 2.79. The Hall–Kier alpha value is -2.27. The molecule has 3 aromatic rings. The summed E-state index contributed by atoms with van der Waals surface area (Å²) in [6, 6.07) is 7.31. The number of aryl methyl sites for hydroxylation is 1. The van der Waals surface area contributed by atoms with Crippen LogP contribution in [-0.2, 0) is 13.0 Å². The van der Waals surface area contributed by atoms with Crippen LogP contribution in [0.5, 0.6) is 0 Å². The van der Waals surface area contributed by atoms with Crippen LogP contribution in [0.2, 0.25) is 0 Å². The molecular weight excluding hydrogens is 286 g/mol. The van der Waals surface area contributed by atoms with Gasteiger partial charge in [-0.15, -0.1) is 0 Å². The number of rotatable bonds is 2. The summed E-state index contributed by atoms with van der Waals surface area (Å²) in [7, 11) is 0. The Balaban J connectivity index is 1.56. The Morgan fingerprint density at radius 3 is 3.09 bits per heavy atom.